The van der Waals surface area contributed by atoms with Gasteiger partial charge < -0.3 is 18.2 Å². The van der Waals surface area contributed by atoms with Crippen molar-refractivity contribution in [3.63, 3.8) is 0 Å². The maximum Gasteiger partial charge on any atom is 0.339 e. The van der Waals surface area contributed by atoms with Crippen LogP contribution in [0.2, 0.25) is 15.1 Å². The van der Waals surface area contributed by atoms with E-state index in [0.29, 0.717) is 21.9 Å². The summed E-state index contributed by atoms with van der Waals surface area (Å²) in [6, 6.07) is 18.8. The van der Waals surface area contributed by atoms with Crippen LogP contribution in [0.1, 0.15) is 21.7 Å². The van der Waals surface area contributed by atoms with Crippen LogP contribution in [-0.4, -0.2) is 26.3 Å². The molecule has 0 unspecified atom stereocenters. The minimum absolute atomic E-state index is 0.0609. The average molecular weight is 581 g/mol. The van der Waals surface area contributed by atoms with Gasteiger partial charge in [-0.1, -0.05) is 53.0 Å². The van der Waals surface area contributed by atoms with E-state index in [1.807, 2.05) is 0 Å². The van der Waals surface area contributed by atoms with E-state index in [0.717, 1.165) is 0 Å². The molecule has 1 aromatic heterocycles. The summed E-state index contributed by atoms with van der Waals surface area (Å²) in [5, 5.41) is 0.585. The zero-order chi connectivity index (χ0) is 26.6. The Bertz CT molecular complexity index is 1520. The highest BCUT2D eigenvalue weighted by Gasteiger charge is 2.23. The third-order valence-electron chi connectivity index (χ3n) is 5.30. The standard InChI is InChI=1S/C26H20Cl3NO6S/c1-34-24-11-8-17(13-25(24)36-37(32,33)19-9-10-22(28)23(29)14-19)15-30(16-18-5-4-12-35-18)26(31)20-6-2-3-7-21(20)27/h2-14H,15-16H2,1H3. The van der Waals surface area contributed by atoms with E-state index < -0.39 is 10.1 Å². The molecule has 37 heavy (non-hydrogen) atoms. The fourth-order valence-electron chi connectivity index (χ4n) is 3.50. The second-order valence-electron chi connectivity index (χ2n) is 7.82. The number of benzene rings is 3. The molecule has 0 aliphatic rings. The van der Waals surface area contributed by atoms with E-state index in [2.05, 4.69) is 0 Å². The van der Waals surface area contributed by atoms with Gasteiger partial charge in [-0.2, -0.15) is 8.42 Å². The van der Waals surface area contributed by atoms with Crippen molar-refractivity contribution in [3.8, 4) is 11.5 Å². The second kappa shape index (κ2) is 11.5. The molecule has 3 aromatic carbocycles. The first kappa shape index (κ1) is 26.9. The van der Waals surface area contributed by atoms with Crippen LogP contribution >= 0.6 is 34.8 Å². The summed E-state index contributed by atoms with van der Waals surface area (Å²) < 4.78 is 42.0. The lowest BCUT2D eigenvalue weighted by Crippen LogP contribution is -2.30. The molecule has 1 heterocycles. The van der Waals surface area contributed by atoms with Gasteiger partial charge in [0.1, 0.15) is 10.7 Å². The predicted molar refractivity (Wildman–Crippen MR) is 141 cm³/mol. The van der Waals surface area contributed by atoms with E-state index in [4.69, 9.17) is 48.1 Å². The van der Waals surface area contributed by atoms with Gasteiger partial charge in [-0.15, -0.1) is 0 Å². The number of ether oxygens (including phenoxy) is 1. The summed E-state index contributed by atoms with van der Waals surface area (Å²) in [5.41, 5.74) is 0.898. The van der Waals surface area contributed by atoms with Gasteiger partial charge in [0.05, 0.1) is 40.5 Å². The van der Waals surface area contributed by atoms with Gasteiger partial charge in [-0.25, -0.2) is 0 Å². The molecule has 4 rings (SSSR count). The molecule has 0 aliphatic heterocycles. The van der Waals surface area contributed by atoms with Crippen molar-refractivity contribution in [3.05, 3.63) is 111 Å². The summed E-state index contributed by atoms with van der Waals surface area (Å²) in [4.78, 5) is 14.8. The largest absolute Gasteiger partial charge is 0.493 e. The Balaban J connectivity index is 1.66. The summed E-state index contributed by atoms with van der Waals surface area (Å²) in [6.45, 7) is 0.249. The lowest BCUT2D eigenvalue weighted by Gasteiger charge is -2.23. The minimum atomic E-state index is -4.27. The van der Waals surface area contributed by atoms with Gasteiger partial charge in [-0.05, 0) is 60.2 Å². The Hall–Kier alpha value is -3.17. The maximum absolute atomic E-state index is 13.4. The molecule has 0 fully saturated rings. The smallest absolute Gasteiger partial charge is 0.339 e. The SMILES string of the molecule is COc1ccc(CN(Cc2ccco2)C(=O)c2ccccc2Cl)cc1OS(=O)(=O)c1ccc(Cl)c(Cl)c1. The zero-order valence-electron chi connectivity index (χ0n) is 19.4. The molecule has 1 amide bonds. The van der Waals surface area contributed by atoms with Crippen molar-refractivity contribution < 1.29 is 26.5 Å². The van der Waals surface area contributed by atoms with Crippen LogP contribution in [0.15, 0.2) is 88.4 Å². The highest BCUT2D eigenvalue weighted by Crippen LogP contribution is 2.33. The highest BCUT2D eigenvalue weighted by molar-refractivity contribution is 7.87. The van der Waals surface area contributed by atoms with Crippen molar-refractivity contribution in [1.82, 2.24) is 4.90 Å². The number of carbonyl (C=O) groups is 1. The number of rotatable bonds is 9. The Morgan fingerprint density at radius 1 is 0.865 bits per heavy atom. The van der Waals surface area contributed by atoms with Crippen LogP contribution in [0.5, 0.6) is 11.5 Å². The Kier molecular flexibility index (Phi) is 8.34. The first-order chi connectivity index (χ1) is 17.7. The first-order valence-electron chi connectivity index (χ1n) is 10.8. The Morgan fingerprint density at radius 2 is 1.65 bits per heavy atom. The van der Waals surface area contributed by atoms with Crippen LogP contribution in [-0.2, 0) is 23.2 Å². The lowest BCUT2D eigenvalue weighted by molar-refractivity contribution is 0.0717. The van der Waals surface area contributed by atoms with Crippen LogP contribution in [0.25, 0.3) is 0 Å². The van der Waals surface area contributed by atoms with Crippen molar-refractivity contribution in [2.75, 3.05) is 7.11 Å². The molecular weight excluding hydrogens is 561 g/mol. The number of nitrogens with zero attached hydrogens (tertiary/aromatic N) is 1. The van der Waals surface area contributed by atoms with Crippen molar-refractivity contribution in [1.29, 1.82) is 0 Å². The van der Waals surface area contributed by atoms with E-state index in [9.17, 15) is 13.2 Å². The monoisotopic (exact) mass is 579 g/mol. The molecule has 0 atom stereocenters. The quantitative estimate of drug-likeness (QED) is 0.201. The molecule has 192 valence electrons. The minimum Gasteiger partial charge on any atom is -0.493 e. The molecule has 4 aromatic rings. The van der Waals surface area contributed by atoms with Crippen LogP contribution in [0.3, 0.4) is 0 Å². The topological polar surface area (TPSA) is 86.0 Å². The number of amides is 1. The second-order valence-corrected chi connectivity index (χ2v) is 10.6. The number of hydrogen-bond donors (Lipinski definition) is 0. The Labute approximate surface area is 229 Å². The maximum atomic E-state index is 13.4. The van der Waals surface area contributed by atoms with Gasteiger partial charge in [-0.3, -0.25) is 4.79 Å². The number of hydrogen-bond acceptors (Lipinski definition) is 6. The number of methoxy groups -OCH3 is 1. The lowest BCUT2D eigenvalue weighted by atomic mass is 10.1. The van der Waals surface area contributed by atoms with E-state index in [1.165, 1.54) is 42.5 Å². The van der Waals surface area contributed by atoms with Gasteiger partial charge >= 0.3 is 10.1 Å². The summed E-state index contributed by atoms with van der Waals surface area (Å²) in [7, 11) is -2.89. The van der Waals surface area contributed by atoms with Crippen molar-refractivity contribution in [2.24, 2.45) is 0 Å². The van der Waals surface area contributed by atoms with Gasteiger partial charge in [0.15, 0.2) is 11.5 Å². The number of halogens is 3. The number of carbonyl (C=O) groups excluding carboxylic acids is 1. The molecule has 7 nitrogen and oxygen atoms in total. The fourth-order valence-corrected chi connectivity index (χ4v) is 5.04. The average Bonchev–Trinajstić information content (AvgIpc) is 3.38. The van der Waals surface area contributed by atoms with Gasteiger partial charge in [0.25, 0.3) is 5.91 Å². The fraction of sp³-hybridized carbons (Fsp3) is 0.115. The van der Waals surface area contributed by atoms with Crippen LogP contribution in [0.4, 0.5) is 0 Å². The van der Waals surface area contributed by atoms with E-state index in [-0.39, 0.29) is 45.4 Å². The molecule has 0 aliphatic carbocycles. The van der Waals surface area contributed by atoms with Crippen LogP contribution < -0.4 is 8.92 Å². The first-order valence-corrected chi connectivity index (χ1v) is 13.3. The van der Waals surface area contributed by atoms with Gasteiger partial charge in [0, 0.05) is 6.54 Å². The molecule has 0 spiro atoms. The van der Waals surface area contributed by atoms with Gasteiger partial charge in [0.2, 0.25) is 0 Å². The zero-order valence-corrected chi connectivity index (χ0v) is 22.4. The summed E-state index contributed by atoms with van der Waals surface area (Å²) in [5.74, 6) is 0.355. The molecular formula is C26H20Cl3NO6S. The normalized spacial score (nSPS) is 11.2. The molecule has 11 heteroatoms. The third-order valence-corrected chi connectivity index (χ3v) is 7.60. The molecule has 0 saturated heterocycles. The summed E-state index contributed by atoms with van der Waals surface area (Å²) >= 11 is 18.2. The van der Waals surface area contributed by atoms with E-state index >= 15 is 0 Å². The molecule has 0 bridgehead atoms. The summed E-state index contributed by atoms with van der Waals surface area (Å²) in [6.07, 6.45) is 1.51. The van der Waals surface area contributed by atoms with Crippen molar-refractivity contribution in [2.45, 2.75) is 18.0 Å². The van der Waals surface area contributed by atoms with Crippen LogP contribution in [0, 0.1) is 0 Å². The Morgan fingerprint density at radius 3 is 2.32 bits per heavy atom. The van der Waals surface area contributed by atoms with Crippen molar-refractivity contribution >= 4 is 50.8 Å². The van der Waals surface area contributed by atoms with E-state index in [1.54, 1.807) is 48.5 Å². The highest BCUT2D eigenvalue weighted by atomic mass is 35.5. The molecule has 0 radical (unpaired) electrons. The third kappa shape index (κ3) is 6.40. The molecule has 0 N–H and O–H groups in total. The predicted octanol–water partition coefficient (Wildman–Crippen LogP) is 6.86. The number of furan rings is 1. The molecule has 0 saturated carbocycles.